The zero-order valence-corrected chi connectivity index (χ0v) is 13.0. The molecule has 0 saturated carbocycles. The Morgan fingerprint density at radius 2 is 2.00 bits per heavy atom. The number of carboxylic acid groups (broad SMARTS) is 1. The largest absolute Gasteiger partial charge is 0.479 e. The van der Waals surface area contributed by atoms with Crippen LogP contribution in [-0.2, 0) is 28.0 Å². The van der Waals surface area contributed by atoms with Gasteiger partial charge in [-0.25, -0.2) is 4.79 Å². The van der Waals surface area contributed by atoms with Gasteiger partial charge in [0.15, 0.2) is 6.10 Å². The van der Waals surface area contributed by atoms with Gasteiger partial charge in [-0.2, -0.15) is 8.42 Å². The summed E-state index contributed by atoms with van der Waals surface area (Å²) < 4.78 is 35.0. The van der Waals surface area contributed by atoms with Crippen molar-refractivity contribution in [3.8, 4) is 5.75 Å². The number of carbonyl (C=O) groups is 1. The topological polar surface area (TPSA) is 121 Å². The van der Waals surface area contributed by atoms with Gasteiger partial charge in [-0.05, 0) is 31.9 Å². The molecule has 1 rings (SSSR count). The Balaban J connectivity index is 3.13. The Morgan fingerprint density at radius 1 is 1.36 bits per heavy atom. The van der Waals surface area contributed by atoms with Gasteiger partial charge in [-0.3, -0.25) is 4.55 Å². The van der Waals surface area contributed by atoms with Crippen LogP contribution in [0.15, 0.2) is 29.8 Å². The number of allylic oxidation sites excluding steroid dienone is 2. The number of aliphatic hydroxyl groups excluding tert-OH is 1. The van der Waals surface area contributed by atoms with Crippen molar-refractivity contribution < 1.29 is 32.2 Å². The van der Waals surface area contributed by atoms with E-state index in [1.54, 1.807) is 0 Å². The van der Waals surface area contributed by atoms with Crippen LogP contribution in [0.4, 0.5) is 0 Å². The summed E-state index contributed by atoms with van der Waals surface area (Å²) in [6, 6.07) is 4.27. The molecule has 122 valence electrons. The molecule has 1 unspecified atom stereocenters. The summed E-state index contributed by atoms with van der Waals surface area (Å²) in [5.41, 5.74) is 1.96. The van der Waals surface area contributed by atoms with Crippen LogP contribution in [0.25, 0.3) is 0 Å². The van der Waals surface area contributed by atoms with E-state index < -0.39 is 22.5 Å². The number of aliphatic hydroxyl groups is 1. The summed E-state index contributed by atoms with van der Waals surface area (Å²) in [4.78, 5) is 10.7. The van der Waals surface area contributed by atoms with Crippen LogP contribution < -0.4 is 4.18 Å². The Bertz CT molecular complexity index is 672. The molecular formula is C14H18O7S. The summed E-state index contributed by atoms with van der Waals surface area (Å²) in [7, 11) is -4.65. The third-order valence-electron chi connectivity index (χ3n) is 2.76. The van der Waals surface area contributed by atoms with Crippen LogP contribution in [0.1, 0.15) is 25.0 Å². The minimum atomic E-state index is -4.65. The number of hydrogen-bond acceptors (Lipinski definition) is 5. The predicted molar refractivity (Wildman–Crippen MR) is 79.1 cm³/mol. The van der Waals surface area contributed by atoms with Gasteiger partial charge in [0.25, 0.3) is 0 Å². The third kappa shape index (κ3) is 6.25. The van der Waals surface area contributed by atoms with E-state index >= 15 is 0 Å². The van der Waals surface area contributed by atoms with Crippen LogP contribution >= 0.6 is 0 Å². The first-order valence-electron chi connectivity index (χ1n) is 6.41. The van der Waals surface area contributed by atoms with Gasteiger partial charge in [0.2, 0.25) is 0 Å². The molecule has 22 heavy (non-hydrogen) atoms. The highest BCUT2D eigenvalue weighted by Gasteiger charge is 2.16. The van der Waals surface area contributed by atoms with Crippen LogP contribution in [0.3, 0.4) is 0 Å². The van der Waals surface area contributed by atoms with Gasteiger partial charge < -0.3 is 14.4 Å². The standard InChI is InChI=1S/C14H18O7S/c1-9(2)3-5-11-7-10(8-12(15)14(16)17)4-6-13(11)21-22(18,19)20/h3-4,6-7,12,15H,5,8H2,1-2H3,(H,16,17)(H,18,19,20). The summed E-state index contributed by atoms with van der Waals surface area (Å²) in [5.74, 6) is -1.39. The molecule has 0 aliphatic heterocycles. The van der Waals surface area contributed by atoms with Crippen molar-refractivity contribution in [1.82, 2.24) is 0 Å². The smallest absolute Gasteiger partial charge is 0.446 e. The zero-order chi connectivity index (χ0) is 16.9. The fraction of sp³-hybridized carbons (Fsp3) is 0.357. The van der Waals surface area contributed by atoms with Crippen molar-refractivity contribution in [3.05, 3.63) is 41.0 Å². The molecular weight excluding hydrogens is 312 g/mol. The van der Waals surface area contributed by atoms with Gasteiger partial charge in [-0.1, -0.05) is 23.8 Å². The van der Waals surface area contributed by atoms with E-state index in [1.165, 1.54) is 18.2 Å². The highest BCUT2D eigenvalue weighted by molar-refractivity contribution is 7.81. The van der Waals surface area contributed by atoms with Crippen LogP contribution in [0.5, 0.6) is 5.75 Å². The second-order valence-electron chi connectivity index (χ2n) is 5.00. The second kappa shape index (κ2) is 7.39. The normalized spacial score (nSPS) is 12.5. The summed E-state index contributed by atoms with van der Waals surface area (Å²) in [6.07, 6.45) is 0.488. The molecule has 0 aliphatic rings. The van der Waals surface area contributed by atoms with Crippen molar-refractivity contribution >= 4 is 16.4 Å². The highest BCUT2D eigenvalue weighted by Crippen LogP contribution is 2.23. The number of rotatable bonds is 7. The fourth-order valence-electron chi connectivity index (χ4n) is 1.74. The lowest BCUT2D eigenvalue weighted by Crippen LogP contribution is -2.22. The minimum absolute atomic E-state index is 0.0476. The number of aliphatic carboxylic acids is 1. The molecule has 7 nitrogen and oxygen atoms in total. The van der Waals surface area contributed by atoms with E-state index in [2.05, 4.69) is 4.18 Å². The molecule has 1 atom stereocenters. The molecule has 0 fully saturated rings. The van der Waals surface area contributed by atoms with E-state index in [-0.39, 0.29) is 12.2 Å². The molecule has 0 spiro atoms. The van der Waals surface area contributed by atoms with Gasteiger partial charge in [0.05, 0.1) is 0 Å². The Kier molecular flexibility index (Phi) is 6.10. The average molecular weight is 330 g/mol. The second-order valence-corrected chi connectivity index (χ2v) is 6.02. The molecule has 0 bridgehead atoms. The van der Waals surface area contributed by atoms with E-state index in [0.29, 0.717) is 17.5 Å². The van der Waals surface area contributed by atoms with E-state index in [1.807, 2.05) is 19.9 Å². The third-order valence-corrected chi connectivity index (χ3v) is 3.15. The van der Waals surface area contributed by atoms with Crippen molar-refractivity contribution in [2.24, 2.45) is 0 Å². The van der Waals surface area contributed by atoms with Gasteiger partial charge in [0, 0.05) is 12.0 Å². The highest BCUT2D eigenvalue weighted by atomic mass is 32.3. The van der Waals surface area contributed by atoms with Crippen molar-refractivity contribution in [2.45, 2.75) is 32.8 Å². The number of hydrogen-bond donors (Lipinski definition) is 3. The quantitative estimate of drug-likeness (QED) is 0.510. The summed E-state index contributed by atoms with van der Waals surface area (Å²) in [5, 5.41) is 18.1. The monoisotopic (exact) mass is 330 g/mol. The lowest BCUT2D eigenvalue weighted by Gasteiger charge is -2.11. The van der Waals surface area contributed by atoms with E-state index in [9.17, 15) is 18.3 Å². The van der Waals surface area contributed by atoms with Crippen molar-refractivity contribution in [3.63, 3.8) is 0 Å². The van der Waals surface area contributed by atoms with E-state index in [0.717, 1.165) is 5.57 Å². The maximum absolute atomic E-state index is 10.8. The SMILES string of the molecule is CC(C)=CCc1cc(CC(O)C(=O)O)ccc1OS(=O)(=O)O. The van der Waals surface area contributed by atoms with Crippen LogP contribution in [-0.4, -0.2) is 35.3 Å². The zero-order valence-electron chi connectivity index (χ0n) is 12.2. The first-order valence-corrected chi connectivity index (χ1v) is 7.78. The Hall–Kier alpha value is -1.90. The average Bonchev–Trinajstić information content (AvgIpc) is 2.36. The van der Waals surface area contributed by atoms with Crippen LogP contribution in [0.2, 0.25) is 0 Å². The lowest BCUT2D eigenvalue weighted by atomic mass is 10.0. The summed E-state index contributed by atoms with van der Waals surface area (Å²) >= 11 is 0. The Labute approximate surface area is 128 Å². The maximum Gasteiger partial charge on any atom is 0.446 e. The molecule has 0 amide bonds. The van der Waals surface area contributed by atoms with Crippen LogP contribution in [0, 0.1) is 0 Å². The van der Waals surface area contributed by atoms with Gasteiger partial charge in [0.1, 0.15) is 5.75 Å². The molecule has 1 aromatic carbocycles. The maximum atomic E-state index is 10.8. The van der Waals surface area contributed by atoms with Crippen molar-refractivity contribution in [2.75, 3.05) is 0 Å². The summed E-state index contributed by atoms with van der Waals surface area (Å²) in [6.45, 7) is 3.72. The molecule has 1 aromatic rings. The first kappa shape index (κ1) is 18.1. The number of carboxylic acids is 1. The lowest BCUT2D eigenvalue weighted by molar-refractivity contribution is -0.146. The number of benzene rings is 1. The molecule has 0 radical (unpaired) electrons. The predicted octanol–water partition coefficient (Wildman–Crippen LogP) is 1.36. The Morgan fingerprint density at radius 3 is 2.50 bits per heavy atom. The molecule has 0 heterocycles. The van der Waals surface area contributed by atoms with Crippen molar-refractivity contribution in [1.29, 1.82) is 0 Å². The molecule has 0 aromatic heterocycles. The minimum Gasteiger partial charge on any atom is -0.479 e. The molecule has 0 saturated heterocycles. The molecule has 8 heteroatoms. The first-order chi connectivity index (χ1) is 10.1. The van der Waals surface area contributed by atoms with E-state index in [4.69, 9.17) is 9.66 Å². The molecule has 3 N–H and O–H groups in total. The molecule has 0 aliphatic carbocycles. The fourth-order valence-corrected chi connectivity index (χ4v) is 2.13. The van der Waals surface area contributed by atoms with Gasteiger partial charge >= 0.3 is 16.4 Å². The van der Waals surface area contributed by atoms with Gasteiger partial charge in [-0.15, -0.1) is 0 Å².